The monoisotopic (exact) mass is 253 g/mol. The summed E-state index contributed by atoms with van der Waals surface area (Å²) < 4.78 is 0. The normalized spacial score (nSPS) is 10.8. The van der Waals surface area contributed by atoms with Crippen LogP contribution in [0, 0.1) is 6.92 Å². The van der Waals surface area contributed by atoms with E-state index in [1.165, 1.54) is 0 Å². The minimum atomic E-state index is 0.102. The second-order valence-electron chi connectivity index (χ2n) is 4.22. The van der Waals surface area contributed by atoms with Gasteiger partial charge in [0.15, 0.2) is 0 Å². The van der Waals surface area contributed by atoms with Crippen molar-refractivity contribution in [3.63, 3.8) is 0 Å². The van der Waals surface area contributed by atoms with E-state index >= 15 is 0 Å². The van der Waals surface area contributed by atoms with Crippen LogP contribution in [0.1, 0.15) is 32.4 Å². The number of hydrogen-bond acceptors (Lipinski definition) is 6. The molecular weight excluding hydrogens is 230 g/mol. The molecule has 0 aromatic carbocycles. The average molecular weight is 253 g/mol. The van der Waals surface area contributed by atoms with Gasteiger partial charge in [0, 0.05) is 24.3 Å². The first kappa shape index (κ1) is 14.7. The number of anilines is 2. The van der Waals surface area contributed by atoms with E-state index in [-0.39, 0.29) is 6.61 Å². The Labute approximate surface area is 108 Å². The summed E-state index contributed by atoms with van der Waals surface area (Å²) in [5.74, 6) is 6.57. The molecule has 0 bridgehead atoms. The highest BCUT2D eigenvalue weighted by Crippen LogP contribution is 2.20. The second kappa shape index (κ2) is 7.13. The second-order valence-corrected chi connectivity index (χ2v) is 4.22. The third-order valence-corrected chi connectivity index (χ3v) is 2.99. The van der Waals surface area contributed by atoms with Crippen LogP contribution in [0.2, 0.25) is 0 Å². The number of aromatic nitrogens is 2. The molecule has 102 valence electrons. The Bertz CT molecular complexity index is 367. The van der Waals surface area contributed by atoms with Crippen LogP contribution < -0.4 is 16.2 Å². The maximum absolute atomic E-state index is 9.21. The van der Waals surface area contributed by atoms with Crippen LogP contribution in [0.5, 0.6) is 0 Å². The largest absolute Gasteiger partial charge is 0.395 e. The molecule has 0 saturated carbocycles. The fourth-order valence-corrected chi connectivity index (χ4v) is 2.08. The van der Waals surface area contributed by atoms with Gasteiger partial charge in [-0.05, 0) is 19.8 Å². The van der Waals surface area contributed by atoms with Gasteiger partial charge in [-0.3, -0.25) is 5.43 Å². The summed E-state index contributed by atoms with van der Waals surface area (Å²) in [5.41, 5.74) is 3.32. The molecule has 0 saturated heterocycles. The maximum Gasteiger partial charge on any atom is 0.239 e. The zero-order chi connectivity index (χ0) is 13.5. The summed E-state index contributed by atoms with van der Waals surface area (Å²) in [5, 5.41) is 9.21. The molecule has 1 aromatic heterocycles. The summed E-state index contributed by atoms with van der Waals surface area (Å²) in [6, 6.07) is 2.27. The van der Waals surface area contributed by atoms with Crippen molar-refractivity contribution in [2.24, 2.45) is 5.84 Å². The third kappa shape index (κ3) is 3.54. The molecule has 0 fully saturated rings. The standard InChI is InChI=1S/C12H23N5O/c1-4-10(5-2)17(6-7-18)11-8-9(3)14-12(15-11)16-13/h8,10,18H,4-7,13H2,1-3H3,(H,14,15,16). The number of aliphatic hydroxyl groups excluding tert-OH is 1. The van der Waals surface area contributed by atoms with E-state index in [0.717, 1.165) is 24.4 Å². The number of nitrogens with one attached hydrogen (secondary N) is 1. The molecule has 0 spiro atoms. The SMILES string of the molecule is CCC(CC)N(CCO)c1cc(C)nc(NN)n1. The molecule has 1 aromatic rings. The first-order valence-electron chi connectivity index (χ1n) is 6.36. The van der Waals surface area contributed by atoms with Crippen LogP contribution in [-0.2, 0) is 0 Å². The van der Waals surface area contributed by atoms with Crippen LogP contribution in [0.15, 0.2) is 6.07 Å². The van der Waals surface area contributed by atoms with Crippen LogP contribution in [-0.4, -0.2) is 34.3 Å². The highest BCUT2D eigenvalue weighted by atomic mass is 16.3. The van der Waals surface area contributed by atoms with Gasteiger partial charge in [-0.15, -0.1) is 0 Å². The van der Waals surface area contributed by atoms with Crippen molar-refractivity contribution in [2.75, 3.05) is 23.5 Å². The third-order valence-electron chi connectivity index (χ3n) is 2.99. The molecule has 6 nitrogen and oxygen atoms in total. The molecule has 0 aliphatic heterocycles. The van der Waals surface area contributed by atoms with Crippen molar-refractivity contribution in [3.05, 3.63) is 11.8 Å². The van der Waals surface area contributed by atoms with E-state index in [4.69, 9.17) is 5.84 Å². The zero-order valence-electron chi connectivity index (χ0n) is 11.3. The van der Waals surface area contributed by atoms with Gasteiger partial charge in [0.05, 0.1) is 6.61 Å². The molecule has 1 rings (SSSR count). The van der Waals surface area contributed by atoms with E-state index in [0.29, 0.717) is 18.5 Å². The van der Waals surface area contributed by atoms with E-state index in [1.54, 1.807) is 0 Å². The van der Waals surface area contributed by atoms with Gasteiger partial charge in [0.1, 0.15) is 5.82 Å². The van der Waals surface area contributed by atoms with Gasteiger partial charge in [-0.25, -0.2) is 10.8 Å². The zero-order valence-corrected chi connectivity index (χ0v) is 11.3. The van der Waals surface area contributed by atoms with Gasteiger partial charge in [0.25, 0.3) is 0 Å². The van der Waals surface area contributed by atoms with Gasteiger partial charge in [-0.2, -0.15) is 4.98 Å². The van der Waals surface area contributed by atoms with E-state index in [2.05, 4.69) is 34.1 Å². The number of aryl methyl sites for hydroxylation is 1. The summed E-state index contributed by atoms with van der Waals surface area (Å²) in [6.45, 7) is 6.83. The molecule has 0 amide bonds. The number of hydrazine groups is 1. The molecule has 6 heteroatoms. The van der Waals surface area contributed by atoms with Crippen molar-refractivity contribution < 1.29 is 5.11 Å². The number of hydrogen-bond donors (Lipinski definition) is 3. The molecule has 0 atom stereocenters. The molecule has 0 aliphatic rings. The smallest absolute Gasteiger partial charge is 0.239 e. The van der Waals surface area contributed by atoms with Crippen LogP contribution in [0.4, 0.5) is 11.8 Å². The van der Waals surface area contributed by atoms with Crippen molar-refractivity contribution in [2.45, 2.75) is 39.7 Å². The molecule has 18 heavy (non-hydrogen) atoms. The first-order chi connectivity index (χ1) is 8.65. The summed E-state index contributed by atoms with van der Waals surface area (Å²) in [6.07, 6.45) is 2.01. The van der Waals surface area contributed by atoms with Gasteiger partial charge in [-0.1, -0.05) is 13.8 Å². The van der Waals surface area contributed by atoms with Crippen LogP contribution in [0.25, 0.3) is 0 Å². The Morgan fingerprint density at radius 2 is 2.06 bits per heavy atom. The molecule has 0 radical (unpaired) electrons. The van der Waals surface area contributed by atoms with E-state index in [9.17, 15) is 5.11 Å². The molecule has 4 N–H and O–H groups in total. The number of nitrogen functional groups attached to an aromatic ring is 1. The Hall–Kier alpha value is -1.40. The average Bonchev–Trinajstić information content (AvgIpc) is 2.38. The lowest BCUT2D eigenvalue weighted by Gasteiger charge is -2.31. The fraction of sp³-hybridized carbons (Fsp3) is 0.667. The van der Waals surface area contributed by atoms with Crippen molar-refractivity contribution >= 4 is 11.8 Å². The lowest BCUT2D eigenvalue weighted by atomic mass is 10.1. The van der Waals surface area contributed by atoms with Crippen LogP contribution in [0.3, 0.4) is 0 Å². The summed E-state index contributed by atoms with van der Waals surface area (Å²) in [7, 11) is 0. The Morgan fingerprint density at radius 1 is 1.39 bits per heavy atom. The Kier molecular flexibility index (Phi) is 5.80. The number of nitrogens with zero attached hydrogens (tertiary/aromatic N) is 3. The van der Waals surface area contributed by atoms with Crippen molar-refractivity contribution in [1.82, 2.24) is 9.97 Å². The fourth-order valence-electron chi connectivity index (χ4n) is 2.08. The van der Waals surface area contributed by atoms with Crippen molar-refractivity contribution in [1.29, 1.82) is 0 Å². The highest BCUT2D eigenvalue weighted by Gasteiger charge is 2.17. The lowest BCUT2D eigenvalue weighted by molar-refractivity contribution is 0.295. The maximum atomic E-state index is 9.21. The summed E-state index contributed by atoms with van der Waals surface area (Å²) >= 11 is 0. The first-order valence-corrected chi connectivity index (χ1v) is 6.36. The Balaban J connectivity index is 3.07. The number of rotatable bonds is 7. The topological polar surface area (TPSA) is 87.3 Å². The minimum Gasteiger partial charge on any atom is -0.395 e. The predicted molar refractivity (Wildman–Crippen MR) is 73.4 cm³/mol. The lowest BCUT2D eigenvalue weighted by Crippen LogP contribution is -2.37. The predicted octanol–water partition coefficient (Wildman–Crippen LogP) is 1.06. The van der Waals surface area contributed by atoms with Crippen molar-refractivity contribution in [3.8, 4) is 0 Å². The van der Waals surface area contributed by atoms with Gasteiger partial charge >= 0.3 is 0 Å². The molecule has 0 unspecified atom stereocenters. The molecule has 1 heterocycles. The Morgan fingerprint density at radius 3 is 2.56 bits per heavy atom. The molecular formula is C12H23N5O. The van der Waals surface area contributed by atoms with Crippen LogP contribution >= 0.6 is 0 Å². The quantitative estimate of drug-likeness (QED) is 0.497. The summed E-state index contributed by atoms with van der Waals surface area (Å²) in [4.78, 5) is 10.6. The highest BCUT2D eigenvalue weighted by molar-refractivity contribution is 5.45. The van der Waals surface area contributed by atoms with Gasteiger partial charge < -0.3 is 10.0 Å². The van der Waals surface area contributed by atoms with E-state index < -0.39 is 0 Å². The van der Waals surface area contributed by atoms with Gasteiger partial charge in [0.2, 0.25) is 5.95 Å². The minimum absolute atomic E-state index is 0.102. The van der Waals surface area contributed by atoms with E-state index in [1.807, 2.05) is 13.0 Å². The number of aliphatic hydroxyl groups is 1. The molecule has 0 aliphatic carbocycles. The number of nitrogens with two attached hydrogens (primary N) is 1.